The van der Waals surface area contributed by atoms with Crippen LogP contribution in [0.25, 0.3) is 0 Å². The van der Waals surface area contributed by atoms with Gasteiger partial charge in [-0.05, 0) is 66.3 Å². The van der Waals surface area contributed by atoms with Gasteiger partial charge in [0.15, 0.2) is 0 Å². The Morgan fingerprint density at radius 1 is 1.39 bits per heavy atom. The fraction of sp³-hybridized carbons (Fsp3) is 0.600. The molecule has 5 nitrogen and oxygen atoms in total. The first-order chi connectivity index (χ1) is 10.4. The van der Waals surface area contributed by atoms with Gasteiger partial charge in [0.05, 0.1) is 8.66 Å². The minimum absolute atomic E-state index is 0. The molecule has 1 saturated heterocycles. The molecule has 2 rings (SSSR count). The molecule has 0 radical (unpaired) electrons. The molecule has 1 aliphatic rings. The molecule has 0 saturated carbocycles. The van der Waals surface area contributed by atoms with Crippen LogP contribution in [0.15, 0.2) is 15.9 Å². The second-order valence-electron chi connectivity index (χ2n) is 6.08. The first-order valence-corrected chi connectivity index (χ1v) is 9.05. The fourth-order valence-electron chi connectivity index (χ4n) is 2.43. The molecule has 23 heavy (non-hydrogen) atoms. The smallest absolute Gasteiger partial charge is 0.262 e. The van der Waals surface area contributed by atoms with Gasteiger partial charge in [-0.1, -0.05) is 6.92 Å². The fourth-order valence-corrected chi connectivity index (χ4v) is 3.72. The number of amides is 2. The number of piperidine rings is 1. The first-order valence-electron chi connectivity index (χ1n) is 7.44. The SMILES string of the molecule is CC(NC(=O)c1ccc(Br)s1)C(=O)NCC1(C)CCNCC1.Cl. The minimum atomic E-state index is -0.543. The van der Waals surface area contributed by atoms with Crippen molar-refractivity contribution >= 4 is 51.5 Å². The molecule has 8 heteroatoms. The van der Waals surface area contributed by atoms with Crippen LogP contribution in [0.4, 0.5) is 0 Å². The van der Waals surface area contributed by atoms with Gasteiger partial charge in [0.1, 0.15) is 6.04 Å². The summed E-state index contributed by atoms with van der Waals surface area (Å²) < 4.78 is 0.897. The van der Waals surface area contributed by atoms with Crippen molar-refractivity contribution in [2.24, 2.45) is 5.41 Å². The third-order valence-corrected chi connectivity index (χ3v) is 5.66. The molecular formula is C15H23BrClN3O2S. The predicted octanol–water partition coefficient (Wildman–Crippen LogP) is 2.56. The van der Waals surface area contributed by atoms with Crippen LogP contribution < -0.4 is 16.0 Å². The number of rotatable bonds is 5. The molecule has 0 aromatic carbocycles. The van der Waals surface area contributed by atoms with Crippen molar-refractivity contribution in [1.82, 2.24) is 16.0 Å². The zero-order chi connectivity index (χ0) is 16.2. The van der Waals surface area contributed by atoms with Crippen LogP contribution in [0.1, 0.15) is 36.4 Å². The zero-order valence-corrected chi connectivity index (χ0v) is 16.5. The van der Waals surface area contributed by atoms with Gasteiger partial charge < -0.3 is 16.0 Å². The van der Waals surface area contributed by atoms with Crippen LogP contribution in [-0.2, 0) is 4.79 Å². The lowest BCUT2D eigenvalue weighted by Crippen LogP contribution is -2.49. The van der Waals surface area contributed by atoms with Crippen molar-refractivity contribution in [2.75, 3.05) is 19.6 Å². The van der Waals surface area contributed by atoms with Crippen LogP contribution in [0.5, 0.6) is 0 Å². The Balaban J connectivity index is 0.00000264. The van der Waals surface area contributed by atoms with Gasteiger partial charge in [-0.2, -0.15) is 0 Å². The average molecular weight is 425 g/mol. The third-order valence-electron chi connectivity index (χ3n) is 4.04. The van der Waals surface area contributed by atoms with Gasteiger partial charge in [-0.3, -0.25) is 9.59 Å². The standard InChI is InChI=1S/C15H22BrN3O2S.ClH/c1-10(19-14(21)11-3-4-12(16)22-11)13(20)18-9-15(2)5-7-17-8-6-15;/h3-4,10,17H,5-9H2,1-2H3,(H,18,20)(H,19,21);1H. The molecule has 1 aromatic heterocycles. The highest BCUT2D eigenvalue weighted by molar-refractivity contribution is 9.11. The summed E-state index contributed by atoms with van der Waals surface area (Å²) in [6.07, 6.45) is 2.11. The monoisotopic (exact) mass is 423 g/mol. The van der Waals surface area contributed by atoms with Crippen LogP contribution in [0.2, 0.25) is 0 Å². The molecule has 2 heterocycles. The Morgan fingerprint density at radius 3 is 2.61 bits per heavy atom. The number of hydrogen-bond donors (Lipinski definition) is 3. The van der Waals surface area contributed by atoms with E-state index in [1.807, 2.05) is 6.07 Å². The van der Waals surface area contributed by atoms with Crippen molar-refractivity contribution in [3.05, 3.63) is 20.8 Å². The van der Waals surface area contributed by atoms with E-state index in [4.69, 9.17) is 0 Å². The first kappa shape index (κ1) is 20.4. The third kappa shape index (κ3) is 6.06. The molecule has 0 bridgehead atoms. The van der Waals surface area contributed by atoms with Crippen molar-refractivity contribution in [2.45, 2.75) is 32.7 Å². The molecule has 1 fully saturated rings. The Morgan fingerprint density at radius 2 is 2.04 bits per heavy atom. The second kappa shape index (κ2) is 9.01. The topological polar surface area (TPSA) is 70.2 Å². The molecule has 2 amide bonds. The summed E-state index contributed by atoms with van der Waals surface area (Å²) in [5.74, 6) is -0.352. The number of carbonyl (C=O) groups excluding carboxylic acids is 2. The second-order valence-corrected chi connectivity index (χ2v) is 8.54. The molecule has 0 spiro atoms. The highest BCUT2D eigenvalue weighted by atomic mass is 79.9. The van der Waals surface area contributed by atoms with Gasteiger partial charge in [-0.25, -0.2) is 0 Å². The van der Waals surface area contributed by atoms with Crippen LogP contribution >= 0.6 is 39.7 Å². The molecule has 1 aromatic rings. The van der Waals surface area contributed by atoms with Gasteiger partial charge in [-0.15, -0.1) is 23.7 Å². The number of thiophene rings is 1. The van der Waals surface area contributed by atoms with E-state index in [9.17, 15) is 9.59 Å². The lowest BCUT2D eigenvalue weighted by molar-refractivity contribution is -0.123. The van der Waals surface area contributed by atoms with Gasteiger partial charge in [0.2, 0.25) is 5.91 Å². The maximum Gasteiger partial charge on any atom is 0.262 e. The van der Waals surface area contributed by atoms with Crippen LogP contribution in [0, 0.1) is 5.41 Å². The Kier molecular flexibility index (Phi) is 8.00. The zero-order valence-electron chi connectivity index (χ0n) is 13.3. The molecule has 1 aliphatic heterocycles. The largest absolute Gasteiger partial charge is 0.354 e. The maximum atomic E-state index is 12.2. The Bertz CT molecular complexity index is 547. The van der Waals surface area contributed by atoms with Crippen molar-refractivity contribution < 1.29 is 9.59 Å². The quantitative estimate of drug-likeness (QED) is 0.680. The van der Waals surface area contributed by atoms with E-state index in [1.54, 1.807) is 13.0 Å². The number of hydrogen-bond acceptors (Lipinski definition) is 4. The Labute approximate surface area is 155 Å². The molecular weight excluding hydrogens is 402 g/mol. The molecule has 0 aliphatic carbocycles. The lowest BCUT2D eigenvalue weighted by atomic mass is 9.81. The van der Waals surface area contributed by atoms with Gasteiger partial charge >= 0.3 is 0 Å². The predicted molar refractivity (Wildman–Crippen MR) is 99.4 cm³/mol. The average Bonchev–Trinajstić information content (AvgIpc) is 2.92. The number of nitrogens with one attached hydrogen (secondary N) is 3. The molecule has 1 atom stereocenters. The van der Waals surface area contributed by atoms with Gasteiger partial charge in [0, 0.05) is 6.54 Å². The summed E-state index contributed by atoms with van der Waals surface area (Å²) in [7, 11) is 0. The number of halogens is 2. The summed E-state index contributed by atoms with van der Waals surface area (Å²) in [6.45, 7) is 6.54. The number of carbonyl (C=O) groups is 2. The van der Waals surface area contributed by atoms with Crippen LogP contribution in [-0.4, -0.2) is 37.5 Å². The van der Waals surface area contributed by atoms with E-state index in [2.05, 4.69) is 38.8 Å². The van der Waals surface area contributed by atoms with E-state index in [0.29, 0.717) is 11.4 Å². The normalized spacial score (nSPS) is 17.7. The molecule has 130 valence electrons. The summed E-state index contributed by atoms with van der Waals surface area (Å²) >= 11 is 4.68. The Hall–Kier alpha value is -0.630. The van der Waals surface area contributed by atoms with E-state index in [1.165, 1.54) is 11.3 Å². The van der Waals surface area contributed by atoms with E-state index < -0.39 is 6.04 Å². The van der Waals surface area contributed by atoms with Crippen LogP contribution in [0.3, 0.4) is 0 Å². The summed E-state index contributed by atoms with van der Waals surface area (Å²) in [5, 5.41) is 9.03. The van der Waals surface area contributed by atoms with E-state index >= 15 is 0 Å². The highest BCUT2D eigenvalue weighted by Crippen LogP contribution is 2.26. The van der Waals surface area contributed by atoms with Crippen molar-refractivity contribution in [1.29, 1.82) is 0 Å². The maximum absolute atomic E-state index is 12.2. The van der Waals surface area contributed by atoms with Crippen molar-refractivity contribution in [3.63, 3.8) is 0 Å². The van der Waals surface area contributed by atoms with Gasteiger partial charge in [0.25, 0.3) is 5.91 Å². The van der Waals surface area contributed by atoms with E-state index in [-0.39, 0.29) is 29.6 Å². The molecule has 3 N–H and O–H groups in total. The highest BCUT2D eigenvalue weighted by Gasteiger charge is 2.28. The summed E-state index contributed by atoms with van der Waals surface area (Å²) in [6, 6.07) is 3.02. The summed E-state index contributed by atoms with van der Waals surface area (Å²) in [4.78, 5) is 24.8. The molecule has 1 unspecified atom stereocenters. The summed E-state index contributed by atoms with van der Waals surface area (Å²) in [5.41, 5.74) is 0.142. The van der Waals surface area contributed by atoms with E-state index in [0.717, 1.165) is 29.7 Å². The minimum Gasteiger partial charge on any atom is -0.354 e. The lowest BCUT2D eigenvalue weighted by Gasteiger charge is -2.34. The van der Waals surface area contributed by atoms with Crippen molar-refractivity contribution in [3.8, 4) is 0 Å².